The summed E-state index contributed by atoms with van der Waals surface area (Å²) in [6, 6.07) is 7.38. The molecule has 2 amide bonds. The number of carbonyl (C=O) groups excluding carboxylic acids is 3. The molecule has 0 unspecified atom stereocenters. The molecule has 0 atom stereocenters. The van der Waals surface area contributed by atoms with Crippen LogP contribution in [0.5, 0.6) is 0 Å². The average Bonchev–Trinajstić information content (AvgIpc) is 2.66. The van der Waals surface area contributed by atoms with Crippen LogP contribution >= 0.6 is 11.8 Å². The Morgan fingerprint density at radius 1 is 1.19 bits per heavy atom. The number of hydrogen-bond donors (Lipinski definition) is 1. The zero-order valence-electron chi connectivity index (χ0n) is 15.3. The van der Waals surface area contributed by atoms with Crippen molar-refractivity contribution < 1.29 is 19.1 Å². The maximum absolute atomic E-state index is 12.1. The summed E-state index contributed by atoms with van der Waals surface area (Å²) in [7, 11) is 1.46. The van der Waals surface area contributed by atoms with Gasteiger partial charge in [0.2, 0.25) is 5.91 Å². The summed E-state index contributed by atoms with van der Waals surface area (Å²) in [5.41, 5.74) is 1.36. The lowest BCUT2D eigenvalue weighted by atomic mass is 10.3. The highest BCUT2D eigenvalue weighted by Crippen LogP contribution is 2.24. The van der Waals surface area contributed by atoms with Crippen LogP contribution in [0.1, 0.15) is 16.2 Å². The summed E-state index contributed by atoms with van der Waals surface area (Å²) in [5, 5.41) is 2.76. The van der Waals surface area contributed by atoms with Crippen LogP contribution in [-0.4, -0.2) is 59.1 Å². The van der Waals surface area contributed by atoms with Gasteiger partial charge in [0, 0.05) is 18.1 Å². The summed E-state index contributed by atoms with van der Waals surface area (Å²) in [6.45, 7) is 1.09. The van der Waals surface area contributed by atoms with Gasteiger partial charge in [0.25, 0.3) is 5.91 Å². The fraction of sp³-hybridized carbons (Fsp3) is 0.278. The van der Waals surface area contributed by atoms with Gasteiger partial charge in [-0.3, -0.25) is 14.6 Å². The fourth-order valence-electron chi connectivity index (χ4n) is 2.05. The van der Waals surface area contributed by atoms with E-state index in [2.05, 4.69) is 15.3 Å². The van der Waals surface area contributed by atoms with E-state index in [1.165, 1.54) is 36.1 Å². The number of rotatable bonds is 7. The number of aryl methyl sites for hydroxylation is 1. The fourth-order valence-corrected chi connectivity index (χ4v) is 2.60. The van der Waals surface area contributed by atoms with Gasteiger partial charge in [-0.1, -0.05) is 12.1 Å². The van der Waals surface area contributed by atoms with Crippen molar-refractivity contribution >= 4 is 35.2 Å². The van der Waals surface area contributed by atoms with Crippen molar-refractivity contribution in [3.63, 3.8) is 0 Å². The number of hydrogen-bond acceptors (Lipinski definition) is 7. The Kier molecular flexibility index (Phi) is 7.30. The third-order valence-corrected chi connectivity index (χ3v) is 4.30. The number of amides is 2. The zero-order chi connectivity index (χ0) is 19.8. The van der Waals surface area contributed by atoms with Crippen LogP contribution in [0.2, 0.25) is 0 Å². The molecular weight excluding hydrogens is 368 g/mol. The number of esters is 1. The molecule has 1 aromatic heterocycles. The second-order valence-corrected chi connectivity index (χ2v) is 6.47. The molecule has 0 saturated heterocycles. The van der Waals surface area contributed by atoms with E-state index in [1.807, 2.05) is 24.5 Å². The lowest BCUT2D eigenvalue weighted by Crippen LogP contribution is -2.37. The molecule has 0 bridgehead atoms. The number of ether oxygens (including phenoxy) is 1. The molecule has 0 aliphatic carbocycles. The Hall–Kier alpha value is -2.94. The quantitative estimate of drug-likeness (QED) is 0.570. The number of nitrogens with one attached hydrogen (secondary N) is 1. The van der Waals surface area contributed by atoms with Crippen LogP contribution in [0, 0.1) is 6.92 Å². The van der Waals surface area contributed by atoms with Crippen LogP contribution in [0.25, 0.3) is 0 Å². The van der Waals surface area contributed by atoms with Gasteiger partial charge in [-0.25, -0.2) is 9.78 Å². The highest BCUT2D eigenvalue weighted by atomic mass is 32.2. The molecular formula is C18H20N4O4S. The summed E-state index contributed by atoms with van der Waals surface area (Å²) in [4.78, 5) is 46.0. The molecule has 9 heteroatoms. The lowest BCUT2D eigenvalue weighted by Gasteiger charge is -2.17. The van der Waals surface area contributed by atoms with Crippen LogP contribution in [0.3, 0.4) is 0 Å². The van der Waals surface area contributed by atoms with Gasteiger partial charge in [0.15, 0.2) is 12.3 Å². The first kappa shape index (κ1) is 20.4. The molecule has 0 aliphatic rings. The number of carbonyl (C=O) groups is 3. The van der Waals surface area contributed by atoms with Gasteiger partial charge >= 0.3 is 5.97 Å². The normalized spacial score (nSPS) is 10.2. The van der Waals surface area contributed by atoms with E-state index >= 15 is 0 Å². The molecule has 27 heavy (non-hydrogen) atoms. The molecule has 142 valence electrons. The van der Waals surface area contributed by atoms with Gasteiger partial charge in [-0.15, -0.1) is 11.8 Å². The van der Waals surface area contributed by atoms with E-state index < -0.39 is 18.5 Å². The van der Waals surface area contributed by atoms with E-state index in [1.54, 1.807) is 13.0 Å². The Balaban J connectivity index is 1.83. The van der Waals surface area contributed by atoms with Crippen molar-refractivity contribution in [3.8, 4) is 0 Å². The minimum Gasteiger partial charge on any atom is -0.451 e. The second-order valence-electron chi connectivity index (χ2n) is 5.62. The Morgan fingerprint density at radius 2 is 1.93 bits per heavy atom. The van der Waals surface area contributed by atoms with Crippen molar-refractivity contribution in [2.24, 2.45) is 0 Å². The molecule has 0 radical (unpaired) electrons. The van der Waals surface area contributed by atoms with Crippen molar-refractivity contribution in [1.29, 1.82) is 0 Å². The van der Waals surface area contributed by atoms with Gasteiger partial charge < -0.3 is 15.0 Å². The molecule has 0 aliphatic heterocycles. The largest absolute Gasteiger partial charge is 0.451 e. The first-order valence-corrected chi connectivity index (χ1v) is 9.25. The van der Waals surface area contributed by atoms with E-state index in [0.29, 0.717) is 11.4 Å². The maximum Gasteiger partial charge on any atom is 0.359 e. The molecule has 0 saturated carbocycles. The minimum absolute atomic E-state index is 0.0162. The second kappa shape index (κ2) is 9.67. The van der Waals surface area contributed by atoms with Crippen molar-refractivity contribution in [3.05, 3.63) is 48.0 Å². The van der Waals surface area contributed by atoms with Crippen LogP contribution < -0.4 is 5.32 Å². The number of anilines is 1. The molecule has 0 fully saturated rings. The lowest BCUT2D eigenvalue weighted by molar-refractivity contribution is -0.136. The van der Waals surface area contributed by atoms with E-state index in [0.717, 1.165) is 4.90 Å². The highest BCUT2D eigenvalue weighted by molar-refractivity contribution is 7.98. The summed E-state index contributed by atoms with van der Waals surface area (Å²) >= 11 is 1.51. The first-order chi connectivity index (χ1) is 12.9. The number of thioether (sulfide) groups is 1. The standard InChI is InChI=1S/C18H20N4O4S/c1-12-8-20-14(9-19-12)18(25)26-11-17(24)22(2)10-16(23)21-13-6-4-5-7-15(13)27-3/h4-9H,10-11H2,1-3H3,(H,21,23). The van der Waals surface area contributed by atoms with Crippen molar-refractivity contribution in [2.45, 2.75) is 11.8 Å². The van der Waals surface area contributed by atoms with Crippen LogP contribution in [0.4, 0.5) is 5.69 Å². The first-order valence-electron chi connectivity index (χ1n) is 8.03. The molecule has 1 aromatic carbocycles. The predicted octanol–water partition coefficient (Wildman–Crippen LogP) is 1.76. The summed E-state index contributed by atoms with van der Waals surface area (Å²) < 4.78 is 4.92. The van der Waals surface area contributed by atoms with E-state index in [9.17, 15) is 14.4 Å². The number of aromatic nitrogens is 2. The van der Waals surface area contributed by atoms with Gasteiger partial charge in [-0.2, -0.15) is 0 Å². The monoisotopic (exact) mass is 388 g/mol. The third-order valence-electron chi connectivity index (χ3n) is 3.50. The summed E-state index contributed by atoms with van der Waals surface area (Å²) in [5.74, 6) is -1.60. The summed E-state index contributed by atoms with van der Waals surface area (Å²) in [6.07, 6.45) is 4.62. The Morgan fingerprint density at radius 3 is 2.59 bits per heavy atom. The van der Waals surface area contributed by atoms with Gasteiger partial charge in [-0.05, 0) is 25.3 Å². The molecule has 1 heterocycles. The maximum atomic E-state index is 12.1. The van der Waals surface area contributed by atoms with Crippen LogP contribution in [0.15, 0.2) is 41.6 Å². The number of para-hydroxylation sites is 1. The van der Waals surface area contributed by atoms with Crippen molar-refractivity contribution in [2.75, 3.05) is 31.8 Å². The zero-order valence-corrected chi connectivity index (χ0v) is 16.1. The van der Waals surface area contributed by atoms with E-state index in [4.69, 9.17) is 4.74 Å². The Bertz CT molecular complexity index is 826. The molecule has 2 rings (SSSR count). The number of likely N-dealkylation sites (N-methyl/N-ethyl adjacent to an activating group) is 1. The van der Waals surface area contributed by atoms with Crippen molar-refractivity contribution in [1.82, 2.24) is 14.9 Å². The van der Waals surface area contributed by atoms with Crippen LogP contribution in [-0.2, 0) is 14.3 Å². The highest BCUT2D eigenvalue weighted by Gasteiger charge is 2.17. The molecule has 0 spiro atoms. The van der Waals surface area contributed by atoms with Gasteiger partial charge in [0.05, 0.1) is 24.1 Å². The topological polar surface area (TPSA) is 101 Å². The smallest absolute Gasteiger partial charge is 0.359 e. The van der Waals surface area contributed by atoms with Gasteiger partial charge in [0.1, 0.15) is 0 Å². The molecule has 8 nitrogen and oxygen atoms in total. The molecule has 1 N–H and O–H groups in total. The predicted molar refractivity (Wildman–Crippen MR) is 102 cm³/mol. The number of benzene rings is 1. The SMILES string of the molecule is CSc1ccccc1NC(=O)CN(C)C(=O)COC(=O)c1cnc(C)cn1. The average molecular weight is 388 g/mol. The van der Waals surface area contributed by atoms with E-state index in [-0.39, 0.29) is 18.1 Å². The number of nitrogens with zero attached hydrogens (tertiary/aromatic N) is 3. The minimum atomic E-state index is -0.748. The Labute approximate surface area is 161 Å². The molecule has 2 aromatic rings. The third kappa shape index (κ3) is 6.07.